The third-order valence-corrected chi connectivity index (χ3v) is 6.17. The summed E-state index contributed by atoms with van der Waals surface area (Å²) in [6.45, 7) is 0.477. The molecule has 2 saturated carbocycles. The van der Waals surface area contributed by atoms with Crippen LogP contribution in [0, 0.1) is 5.92 Å². The number of carboxylic acids is 1. The molecule has 0 radical (unpaired) electrons. The number of rotatable bonds is 7. The summed E-state index contributed by atoms with van der Waals surface area (Å²) < 4.78 is 5.99. The Balaban J connectivity index is 1.41. The molecule has 0 unspecified atom stereocenters. The highest BCUT2D eigenvalue weighted by Crippen LogP contribution is 2.30. The van der Waals surface area contributed by atoms with E-state index in [1.165, 1.54) is 6.42 Å². The molecule has 2 fully saturated rings. The zero-order valence-corrected chi connectivity index (χ0v) is 16.0. The van der Waals surface area contributed by atoms with Gasteiger partial charge in [0.25, 0.3) is 0 Å². The first kappa shape index (κ1) is 19.8. The lowest BCUT2D eigenvalue weighted by molar-refractivity contribution is -0.136. The Morgan fingerprint density at radius 3 is 2.30 bits per heavy atom. The molecule has 0 spiro atoms. The SMILES string of the molecule is CN(C(=O)[C@@H](N)C1CCC(OCc2ccc(C(=O)O)cc2)CC1)C1CCC1. The summed E-state index contributed by atoms with van der Waals surface area (Å²) in [7, 11) is 1.89. The van der Waals surface area contributed by atoms with Crippen LogP contribution in [0.1, 0.15) is 60.9 Å². The van der Waals surface area contributed by atoms with E-state index in [1.807, 2.05) is 11.9 Å². The van der Waals surface area contributed by atoms with Crippen molar-refractivity contribution < 1.29 is 19.4 Å². The number of hydrogen-bond donors (Lipinski definition) is 2. The molecule has 0 aromatic heterocycles. The number of benzene rings is 1. The van der Waals surface area contributed by atoms with Gasteiger partial charge in [-0.25, -0.2) is 4.79 Å². The van der Waals surface area contributed by atoms with Gasteiger partial charge in [0.05, 0.1) is 24.3 Å². The molecule has 0 saturated heterocycles. The normalized spacial score (nSPS) is 24.1. The molecule has 2 aliphatic rings. The molecular formula is C21H30N2O4. The number of aromatic carboxylic acids is 1. The van der Waals surface area contributed by atoms with Crippen LogP contribution in [0.25, 0.3) is 0 Å². The number of nitrogens with zero attached hydrogens (tertiary/aromatic N) is 1. The summed E-state index contributed by atoms with van der Waals surface area (Å²) in [4.78, 5) is 25.3. The number of likely N-dealkylation sites (N-methyl/N-ethyl adjacent to an activating group) is 1. The topological polar surface area (TPSA) is 92.9 Å². The highest BCUT2D eigenvalue weighted by atomic mass is 16.5. The van der Waals surface area contributed by atoms with E-state index in [1.54, 1.807) is 24.3 Å². The van der Waals surface area contributed by atoms with Crippen LogP contribution in [0.15, 0.2) is 24.3 Å². The third-order valence-electron chi connectivity index (χ3n) is 6.17. The molecule has 0 aliphatic heterocycles. The molecule has 3 rings (SSSR count). The van der Waals surface area contributed by atoms with E-state index < -0.39 is 12.0 Å². The Kier molecular flexibility index (Phi) is 6.50. The average molecular weight is 374 g/mol. The van der Waals surface area contributed by atoms with E-state index in [4.69, 9.17) is 15.6 Å². The monoisotopic (exact) mass is 374 g/mol. The van der Waals surface area contributed by atoms with Crippen LogP contribution < -0.4 is 5.73 Å². The van der Waals surface area contributed by atoms with Gasteiger partial charge in [-0.1, -0.05) is 12.1 Å². The number of carbonyl (C=O) groups is 2. The maximum absolute atomic E-state index is 12.6. The lowest BCUT2D eigenvalue weighted by Crippen LogP contribution is -2.52. The molecule has 0 bridgehead atoms. The molecule has 1 aromatic rings. The van der Waals surface area contributed by atoms with E-state index in [2.05, 4.69) is 0 Å². The highest BCUT2D eigenvalue weighted by Gasteiger charge is 2.34. The van der Waals surface area contributed by atoms with Crippen LogP contribution >= 0.6 is 0 Å². The fourth-order valence-electron chi connectivity index (χ4n) is 3.96. The molecular weight excluding hydrogens is 344 g/mol. The maximum Gasteiger partial charge on any atom is 0.335 e. The summed E-state index contributed by atoms with van der Waals surface area (Å²) in [6.07, 6.45) is 7.22. The van der Waals surface area contributed by atoms with Crippen LogP contribution in [-0.2, 0) is 16.1 Å². The summed E-state index contributed by atoms with van der Waals surface area (Å²) >= 11 is 0. The van der Waals surface area contributed by atoms with Crippen molar-refractivity contribution in [2.75, 3.05) is 7.05 Å². The summed E-state index contributed by atoms with van der Waals surface area (Å²) in [6, 6.07) is 6.76. The van der Waals surface area contributed by atoms with Crippen molar-refractivity contribution in [2.45, 2.75) is 69.7 Å². The van der Waals surface area contributed by atoms with Crippen LogP contribution in [0.2, 0.25) is 0 Å². The number of carboxylic acid groups (broad SMARTS) is 1. The molecule has 1 aromatic carbocycles. The molecule has 27 heavy (non-hydrogen) atoms. The van der Waals surface area contributed by atoms with E-state index in [9.17, 15) is 9.59 Å². The number of amides is 1. The Hall–Kier alpha value is -1.92. The number of ether oxygens (including phenoxy) is 1. The lowest BCUT2D eigenvalue weighted by atomic mass is 9.81. The predicted molar refractivity (Wildman–Crippen MR) is 102 cm³/mol. The Morgan fingerprint density at radius 2 is 1.78 bits per heavy atom. The van der Waals surface area contributed by atoms with Crippen LogP contribution in [0.4, 0.5) is 0 Å². The fourth-order valence-corrected chi connectivity index (χ4v) is 3.96. The van der Waals surface area contributed by atoms with Crippen molar-refractivity contribution in [1.82, 2.24) is 4.90 Å². The molecule has 6 nitrogen and oxygen atoms in total. The molecule has 6 heteroatoms. The van der Waals surface area contributed by atoms with Gasteiger partial charge < -0.3 is 20.5 Å². The van der Waals surface area contributed by atoms with Crippen LogP contribution in [0.5, 0.6) is 0 Å². The summed E-state index contributed by atoms with van der Waals surface area (Å²) in [5.74, 6) is -0.605. The second-order valence-electron chi connectivity index (χ2n) is 7.91. The molecule has 1 atom stereocenters. The minimum Gasteiger partial charge on any atom is -0.478 e. The number of nitrogens with two attached hydrogens (primary N) is 1. The van der Waals surface area contributed by atoms with Gasteiger partial charge in [0.15, 0.2) is 0 Å². The average Bonchev–Trinajstić information content (AvgIpc) is 2.64. The Morgan fingerprint density at radius 1 is 1.15 bits per heavy atom. The van der Waals surface area contributed by atoms with E-state index >= 15 is 0 Å². The van der Waals surface area contributed by atoms with Crippen molar-refractivity contribution in [3.8, 4) is 0 Å². The maximum atomic E-state index is 12.6. The van der Waals surface area contributed by atoms with Gasteiger partial charge in [-0.3, -0.25) is 4.79 Å². The molecule has 0 heterocycles. The van der Waals surface area contributed by atoms with Gasteiger partial charge in [-0.05, 0) is 68.6 Å². The summed E-state index contributed by atoms with van der Waals surface area (Å²) in [5.41, 5.74) is 7.53. The van der Waals surface area contributed by atoms with Gasteiger partial charge in [0.2, 0.25) is 5.91 Å². The zero-order valence-electron chi connectivity index (χ0n) is 16.0. The van der Waals surface area contributed by atoms with Crippen molar-refractivity contribution in [3.63, 3.8) is 0 Å². The van der Waals surface area contributed by atoms with Crippen molar-refractivity contribution >= 4 is 11.9 Å². The van der Waals surface area contributed by atoms with Gasteiger partial charge >= 0.3 is 5.97 Å². The smallest absolute Gasteiger partial charge is 0.335 e. The number of carbonyl (C=O) groups excluding carboxylic acids is 1. The third kappa shape index (κ3) is 4.87. The number of hydrogen-bond acceptors (Lipinski definition) is 4. The minimum atomic E-state index is -0.922. The van der Waals surface area contributed by atoms with Crippen molar-refractivity contribution in [2.24, 2.45) is 11.7 Å². The second-order valence-corrected chi connectivity index (χ2v) is 7.91. The Labute approximate surface area is 160 Å². The van der Waals surface area contributed by atoms with Gasteiger partial charge in [-0.2, -0.15) is 0 Å². The van der Waals surface area contributed by atoms with Gasteiger partial charge in [0.1, 0.15) is 0 Å². The predicted octanol–water partition coefficient (Wildman–Crippen LogP) is 2.80. The van der Waals surface area contributed by atoms with Gasteiger partial charge in [0, 0.05) is 13.1 Å². The fraction of sp³-hybridized carbons (Fsp3) is 0.619. The molecule has 1 amide bonds. The first-order chi connectivity index (χ1) is 13.0. The highest BCUT2D eigenvalue weighted by molar-refractivity contribution is 5.87. The minimum absolute atomic E-state index is 0.0857. The van der Waals surface area contributed by atoms with Crippen molar-refractivity contribution in [3.05, 3.63) is 35.4 Å². The van der Waals surface area contributed by atoms with Crippen molar-refractivity contribution in [1.29, 1.82) is 0 Å². The van der Waals surface area contributed by atoms with Gasteiger partial charge in [-0.15, -0.1) is 0 Å². The lowest BCUT2D eigenvalue weighted by Gasteiger charge is -2.38. The second kappa shape index (κ2) is 8.85. The first-order valence-electron chi connectivity index (χ1n) is 9.92. The van der Waals surface area contributed by atoms with E-state index in [-0.39, 0.29) is 23.5 Å². The molecule has 148 valence electrons. The quantitative estimate of drug-likeness (QED) is 0.765. The summed E-state index contributed by atoms with van der Waals surface area (Å²) in [5, 5.41) is 8.93. The molecule has 3 N–H and O–H groups in total. The van der Waals surface area contributed by atoms with Crippen LogP contribution in [0.3, 0.4) is 0 Å². The van der Waals surface area contributed by atoms with E-state index in [0.29, 0.717) is 12.6 Å². The largest absolute Gasteiger partial charge is 0.478 e. The van der Waals surface area contributed by atoms with E-state index in [0.717, 1.165) is 44.1 Å². The standard InChI is InChI=1S/C21H30N2O4/c1-23(17-3-2-4-17)20(24)19(22)15-9-11-18(12-10-15)27-13-14-5-7-16(8-6-14)21(25)26/h5-8,15,17-19H,2-4,9-13,22H2,1H3,(H,25,26)/t15?,18?,19-/m0/s1. The molecule has 2 aliphatic carbocycles. The zero-order chi connectivity index (χ0) is 19.4. The first-order valence-corrected chi connectivity index (χ1v) is 9.92. The Bertz CT molecular complexity index is 649. The van der Waals surface area contributed by atoms with Crippen LogP contribution in [-0.4, -0.2) is 47.1 Å².